The van der Waals surface area contributed by atoms with E-state index in [9.17, 15) is 4.79 Å². The van der Waals surface area contributed by atoms with Crippen LogP contribution in [0.25, 0.3) is 0 Å². The minimum absolute atomic E-state index is 0.112. The molecule has 0 saturated carbocycles. The van der Waals surface area contributed by atoms with Gasteiger partial charge in [0.1, 0.15) is 0 Å². The molecule has 0 heterocycles. The van der Waals surface area contributed by atoms with Gasteiger partial charge in [-0.3, -0.25) is 4.79 Å². The van der Waals surface area contributed by atoms with Crippen molar-refractivity contribution in [3.8, 4) is 0 Å². The smallest absolute Gasteiger partial charge is 0.243 e. The number of amides is 1. The maximum atomic E-state index is 10.9. The second-order valence-corrected chi connectivity index (χ2v) is 2.97. The molecule has 0 rings (SSSR count). The molecule has 14 heavy (non-hydrogen) atoms. The van der Waals surface area contributed by atoms with E-state index in [2.05, 4.69) is 11.9 Å². The van der Waals surface area contributed by atoms with Crippen molar-refractivity contribution in [2.75, 3.05) is 0 Å². The molecule has 0 radical (unpaired) electrons. The number of nitrogens with one attached hydrogen (secondary N) is 1. The first-order valence-corrected chi connectivity index (χ1v) is 5.18. The van der Waals surface area contributed by atoms with Gasteiger partial charge in [0, 0.05) is 6.04 Å². The van der Waals surface area contributed by atoms with Crippen molar-refractivity contribution in [1.82, 2.24) is 5.32 Å². The Hall–Kier alpha value is -1.05. The van der Waals surface area contributed by atoms with E-state index < -0.39 is 0 Å². The summed E-state index contributed by atoms with van der Waals surface area (Å²) in [5, 5.41) is 2.81. The zero-order valence-corrected chi connectivity index (χ0v) is 10.1. The lowest BCUT2D eigenvalue weighted by Gasteiger charge is -2.11. The third-order valence-corrected chi connectivity index (χ3v) is 1.49. The summed E-state index contributed by atoms with van der Waals surface area (Å²) in [5.74, 6) is -0.112. The highest BCUT2D eigenvalue weighted by Gasteiger charge is 2.03. The van der Waals surface area contributed by atoms with Gasteiger partial charge < -0.3 is 5.32 Å². The Morgan fingerprint density at radius 2 is 1.93 bits per heavy atom. The maximum Gasteiger partial charge on any atom is 0.243 e. The number of carbonyl (C=O) groups excluding carboxylic acids is 1. The molecule has 82 valence electrons. The summed E-state index contributed by atoms with van der Waals surface area (Å²) in [6.07, 6.45) is 4.24. The van der Waals surface area contributed by atoms with Crippen LogP contribution in [0.5, 0.6) is 0 Å². The van der Waals surface area contributed by atoms with E-state index in [4.69, 9.17) is 0 Å². The van der Waals surface area contributed by atoms with E-state index in [-0.39, 0.29) is 11.9 Å². The summed E-state index contributed by atoms with van der Waals surface area (Å²) in [5.41, 5.74) is 1.21. The first-order valence-electron chi connectivity index (χ1n) is 5.18. The van der Waals surface area contributed by atoms with E-state index in [0.29, 0.717) is 0 Å². The molecule has 0 aliphatic heterocycles. The van der Waals surface area contributed by atoms with E-state index in [1.54, 1.807) is 0 Å². The molecule has 0 aliphatic rings. The van der Waals surface area contributed by atoms with Crippen molar-refractivity contribution in [2.24, 2.45) is 0 Å². The van der Waals surface area contributed by atoms with Gasteiger partial charge in [0.05, 0.1) is 0 Å². The number of rotatable bonds is 4. The predicted octanol–water partition coefficient (Wildman–Crippen LogP) is 3.06. The quantitative estimate of drug-likeness (QED) is 0.544. The molecule has 0 aromatic heterocycles. The summed E-state index contributed by atoms with van der Waals surface area (Å²) in [4.78, 5) is 10.9. The monoisotopic (exact) mass is 197 g/mol. The minimum atomic E-state index is -0.112. The Balaban J connectivity index is 0. The highest BCUT2D eigenvalue weighted by Crippen LogP contribution is 1.98. The average Bonchev–Trinajstić information content (AvgIpc) is 2.19. The van der Waals surface area contributed by atoms with Crippen LogP contribution in [-0.2, 0) is 4.79 Å². The molecule has 1 amide bonds. The van der Waals surface area contributed by atoms with E-state index in [1.807, 2.05) is 40.7 Å². The second-order valence-electron chi connectivity index (χ2n) is 2.97. The molecule has 0 spiro atoms. The van der Waals surface area contributed by atoms with Crippen molar-refractivity contribution in [1.29, 1.82) is 0 Å². The highest BCUT2D eigenvalue weighted by atomic mass is 16.1. The Morgan fingerprint density at radius 1 is 1.43 bits per heavy atom. The van der Waals surface area contributed by atoms with Crippen molar-refractivity contribution < 1.29 is 4.79 Å². The second kappa shape index (κ2) is 10.0. The van der Waals surface area contributed by atoms with Crippen LogP contribution in [0.1, 0.15) is 41.0 Å². The number of allylic oxidation sites excluding steroid dienone is 1. The summed E-state index contributed by atoms with van der Waals surface area (Å²) in [6, 6.07) is 0.139. The van der Waals surface area contributed by atoms with Gasteiger partial charge in [-0.2, -0.15) is 0 Å². The standard InChI is InChI=1S/C10H17NO.C2H6/c1-5-9(7-8(3)4)11-10(12)6-2;1-2/h6-7,9H,2,5H2,1,3-4H3,(H,11,12);1-2H3. The number of hydrogen-bond acceptors (Lipinski definition) is 1. The van der Waals surface area contributed by atoms with Crippen LogP contribution in [-0.4, -0.2) is 11.9 Å². The van der Waals surface area contributed by atoms with Gasteiger partial charge >= 0.3 is 0 Å². The van der Waals surface area contributed by atoms with Crippen molar-refractivity contribution in [2.45, 2.75) is 47.1 Å². The normalized spacial score (nSPS) is 10.4. The minimum Gasteiger partial charge on any atom is -0.346 e. The molecule has 0 aliphatic carbocycles. The van der Waals surface area contributed by atoms with Gasteiger partial charge in [-0.15, -0.1) is 0 Å². The molecule has 0 aromatic rings. The molecule has 1 N–H and O–H groups in total. The summed E-state index contributed by atoms with van der Waals surface area (Å²) in [6.45, 7) is 13.5. The van der Waals surface area contributed by atoms with Gasteiger partial charge in [0.15, 0.2) is 0 Å². The number of hydrogen-bond donors (Lipinski definition) is 1. The van der Waals surface area contributed by atoms with Gasteiger partial charge in [-0.25, -0.2) is 0 Å². The predicted molar refractivity (Wildman–Crippen MR) is 63.2 cm³/mol. The van der Waals surface area contributed by atoms with E-state index in [1.165, 1.54) is 11.6 Å². The molecule has 0 saturated heterocycles. The average molecular weight is 197 g/mol. The number of carbonyl (C=O) groups is 1. The van der Waals surface area contributed by atoms with Crippen LogP contribution < -0.4 is 5.32 Å². The largest absolute Gasteiger partial charge is 0.346 e. The lowest BCUT2D eigenvalue weighted by molar-refractivity contribution is -0.116. The van der Waals surface area contributed by atoms with Crippen LogP contribution in [0.15, 0.2) is 24.3 Å². The Kier molecular flexibility index (Phi) is 11.1. The fraction of sp³-hybridized carbons (Fsp3) is 0.583. The van der Waals surface area contributed by atoms with Crippen LogP contribution in [0, 0.1) is 0 Å². The molecule has 1 unspecified atom stereocenters. The topological polar surface area (TPSA) is 29.1 Å². The lowest BCUT2D eigenvalue weighted by atomic mass is 10.1. The molecular formula is C12H23NO. The van der Waals surface area contributed by atoms with Crippen LogP contribution in [0.3, 0.4) is 0 Å². The van der Waals surface area contributed by atoms with Crippen molar-refractivity contribution >= 4 is 5.91 Å². The van der Waals surface area contributed by atoms with Gasteiger partial charge in [0.25, 0.3) is 0 Å². The SMILES string of the molecule is C=CC(=O)NC(C=C(C)C)CC.CC. The fourth-order valence-electron chi connectivity index (χ4n) is 0.906. The van der Waals surface area contributed by atoms with Crippen LogP contribution >= 0.6 is 0 Å². The maximum absolute atomic E-state index is 10.9. The molecular weight excluding hydrogens is 174 g/mol. The summed E-state index contributed by atoms with van der Waals surface area (Å²) >= 11 is 0. The molecule has 1 atom stereocenters. The summed E-state index contributed by atoms with van der Waals surface area (Å²) < 4.78 is 0. The third kappa shape index (κ3) is 9.04. The molecule has 2 nitrogen and oxygen atoms in total. The molecule has 0 fully saturated rings. The molecule has 2 heteroatoms. The Morgan fingerprint density at radius 3 is 2.21 bits per heavy atom. The zero-order valence-electron chi connectivity index (χ0n) is 10.1. The zero-order chi connectivity index (χ0) is 11.6. The first-order chi connectivity index (χ1) is 6.60. The van der Waals surface area contributed by atoms with E-state index in [0.717, 1.165) is 6.42 Å². The van der Waals surface area contributed by atoms with Gasteiger partial charge in [-0.05, 0) is 26.3 Å². The van der Waals surface area contributed by atoms with Gasteiger partial charge in [0.2, 0.25) is 5.91 Å². The van der Waals surface area contributed by atoms with Crippen LogP contribution in [0.4, 0.5) is 0 Å². The molecule has 0 bridgehead atoms. The summed E-state index contributed by atoms with van der Waals surface area (Å²) in [7, 11) is 0. The third-order valence-electron chi connectivity index (χ3n) is 1.49. The molecule has 0 aromatic carbocycles. The van der Waals surface area contributed by atoms with E-state index >= 15 is 0 Å². The lowest BCUT2D eigenvalue weighted by Crippen LogP contribution is -2.31. The first kappa shape index (κ1) is 15.4. The fourth-order valence-corrected chi connectivity index (χ4v) is 0.906. The van der Waals surface area contributed by atoms with Crippen LogP contribution in [0.2, 0.25) is 0 Å². The van der Waals surface area contributed by atoms with Crippen molar-refractivity contribution in [3.63, 3.8) is 0 Å². The highest BCUT2D eigenvalue weighted by molar-refractivity contribution is 5.87. The Labute approximate surface area is 88.1 Å². The van der Waals surface area contributed by atoms with Crippen molar-refractivity contribution in [3.05, 3.63) is 24.3 Å². The van der Waals surface area contributed by atoms with Gasteiger partial charge in [-0.1, -0.05) is 39.0 Å². The Bertz CT molecular complexity index is 190.